The molecule has 2 aromatic carbocycles. The lowest BCUT2D eigenvalue weighted by Crippen LogP contribution is -2.48. The zero-order chi connectivity index (χ0) is 22.4. The predicted molar refractivity (Wildman–Crippen MR) is 125 cm³/mol. The Balaban J connectivity index is 1.82. The van der Waals surface area contributed by atoms with Crippen molar-refractivity contribution in [3.05, 3.63) is 77.0 Å². The van der Waals surface area contributed by atoms with E-state index in [1.807, 2.05) is 73.3 Å². The van der Waals surface area contributed by atoms with Gasteiger partial charge < -0.3 is 20.3 Å². The number of ether oxygens (including phenoxy) is 1. The Morgan fingerprint density at radius 3 is 2.35 bits per heavy atom. The van der Waals surface area contributed by atoms with Crippen molar-refractivity contribution in [3.8, 4) is 0 Å². The van der Waals surface area contributed by atoms with E-state index in [-0.39, 0.29) is 11.9 Å². The average Bonchev–Trinajstić information content (AvgIpc) is 2.78. The average molecular weight is 438 g/mol. The van der Waals surface area contributed by atoms with Crippen molar-refractivity contribution in [2.75, 3.05) is 19.0 Å². The number of allylic oxidation sites excluding steroid dienone is 1. The van der Waals surface area contributed by atoms with Gasteiger partial charge in [0.05, 0.1) is 25.1 Å². The maximum absolute atomic E-state index is 12.6. The summed E-state index contributed by atoms with van der Waals surface area (Å²) < 4.78 is 5.07. The second-order valence-electron chi connectivity index (χ2n) is 7.16. The first-order chi connectivity index (χ1) is 15.0. The number of nitrogens with zero attached hydrogens (tertiary/aromatic N) is 1. The highest BCUT2D eigenvalue weighted by atomic mass is 32.1. The van der Waals surface area contributed by atoms with Crippen LogP contribution in [-0.2, 0) is 20.7 Å². The van der Waals surface area contributed by atoms with Crippen molar-refractivity contribution in [2.24, 2.45) is 0 Å². The normalized spacial score (nSPS) is 16.0. The van der Waals surface area contributed by atoms with Crippen molar-refractivity contribution in [2.45, 2.75) is 32.7 Å². The minimum absolute atomic E-state index is 0.0853. The summed E-state index contributed by atoms with van der Waals surface area (Å²) in [6.07, 6.45) is 0.965. The smallest absolute Gasteiger partial charge is 0.337 e. The third-order valence-corrected chi connectivity index (χ3v) is 5.57. The first-order valence-electron chi connectivity index (χ1n) is 10.3. The fourth-order valence-electron chi connectivity index (χ4n) is 3.76. The summed E-state index contributed by atoms with van der Waals surface area (Å²) in [5.41, 5.74) is 3.93. The number of benzene rings is 2. The summed E-state index contributed by atoms with van der Waals surface area (Å²) in [5.74, 6) is -0.464. The van der Waals surface area contributed by atoms with E-state index < -0.39 is 6.04 Å². The van der Waals surface area contributed by atoms with Crippen molar-refractivity contribution in [3.63, 3.8) is 0 Å². The molecular weight excluding hydrogens is 410 g/mol. The summed E-state index contributed by atoms with van der Waals surface area (Å²) in [4.78, 5) is 26.9. The molecule has 2 aromatic rings. The van der Waals surface area contributed by atoms with Gasteiger partial charge in [0, 0.05) is 17.9 Å². The van der Waals surface area contributed by atoms with Gasteiger partial charge in [-0.25, -0.2) is 4.79 Å². The van der Waals surface area contributed by atoms with Gasteiger partial charge in [0.1, 0.15) is 0 Å². The van der Waals surface area contributed by atoms with Crippen LogP contribution in [0.2, 0.25) is 0 Å². The Morgan fingerprint density at radius 2 is 1.77 bits per heavy atom. The first kappa shape index (κ1) is 22.5. The van der Waals surface area contributed by atoms with Gasteiger partial charge in [0.25, 0.3) is 0 Å². The van der Waals surface area contributed by atoms with Crippen molar-refractivity contribution in [1.82, 2.24) is 10.2 Å². The van der Waals surface area contributed by atoms with Gasteiger partial charge in [-0.1, -0.05) is 49.4 Å². The Morgan fingerprint density at radius 1 is 1.10 bits per heavy atom. The molecule has 1 aliphatic rings. The standard InChI is InChI=1S/C24H27N3O3S/c1-4-19-21(23(29)30-3)22(26-24(31)27(19)5-2)17-11-13-18(14-12-17)25-20(28)15-16-9-7-6-8-10-16/h6-14,22H,4-5,15H2,1-3H3,(H,25,28)(H,26,31). The van der Waals surface area contributed by atoms with Crippen LogP contribution in [0, 0.1) is 0 Å². The van der Waals surface area contributed by atoms with Gasteiger partial charge in [0.15, 0.2) is 5.11 Å². The molecule has 0 spiro atoms. The topological polar surface area (TPSA) is 70.7 Å². The van der Waals surface area contributed by atoms with Crippen LogP contribution in [0.1, 0.15) is 37.4 Å². The molecule has 0 bridgehead atoms. The summed E-state index contributed by atoms with van der Waals surface area (Å²) in [6, 6.07) is 16.6. The monoisotopic (exact) mass is 437 g/mol. The van der Waals surface area contributed by atoms with E-state index in [4.69, 9.17) is 17.0 Å². The molecule has 7 heteroatoms. The van der Waals surface area contributed by atoms with Crippen LogP contribution in [0.25, 0.3) is 0 Å². The first-order valence-corrected chi connectivity index (χ1v) is 10.7. The zero-order valence-electron chi connectivity index (χ0n) is 18.0. The molecule has 0 saturated carbocycles. The SMILES string of the molecule is CCC1=C(C(=O)OC)C(c2ccc(NC(=O)Cc3ccccc3)cc2)NC(=S)N1CC. The molecule has 1 amide bonds. The van der Waals surface area contributed by atoms with E-state index in [1.165, 1.54) is 7.11 Å². The number of hydrogen-bond acceptors (Lipinski definition) is 4. The molecule has 0 fully saturated rings. The molecule has 162 valence electrons. The van der Waals surface area contributed by atoms with Gasteiger partial charge in [-0.2, -0.15) is 0 Å². The van der Waals surface area contributed by atoms with Crippen molar-refractivity contribution >= 4 is 34.9 Å². The number of carbonyl (C=O) groups is 2. The molecule has 1 atom stereocenters. The highest BCUT2D eigenvalue weighted by Gasteiger charge is 2.34. The molecule has 6 nitrogen and oxygen atoms in total. The van der Waals surface area contributed by atoms with Crippen LogP contribution in [0.15, 0.2) is 65.9 Å². The molecule has 0 aliphatic carbocycles. The number of methoxy groups -OCH3 is 1. The molecule has 1 heterocycles. The van der Waals surface area contributed by atoms with E-state index in [1.54, 1.807) is 0 Å². The van der Waals surface area contributed by atoms with E-state index >= 15 is 0 Å². The van der Waals surface area contributed by atoms with Gasteiger partial charge in [-0.05, 0) is 48.8 Å². The summed E-state index contributed by atoms with van der Waals surface area (Å²) >= 11 is 5.54. The lowest BCUT2D eigenvalue weighted by Gasteiger charge is -2.38. The number of thiocarbonyl (C=S) groups is 1. The third-order valence-electron chi connectivity index (χ3n) is 5.23. The van der Waals surface area contributed by atoms with Crippen LogP contribution < -0.4 is 10.6 Å². The maximum Gasteiger partial charge on any atom is 0.337 e. The molecule has 3 rings (SSSR count). The van der Waals surface area contributed by atoms with E-state index in [0.717, 1.165) is 16.8 Å². The maximum atomic E-state index is 12.6. The number of nitrogens with one attached hydrogen (secondary N) is 2. The largest absolute Gasteiger partial charge is 0.466 e. The summed E-state index contributed by atoms with van der Waals surface area (Å²) in [6.45, 7) is 4.65. The van der Waals surface area contributed by atoms with E-state index in [9.17, 15) is 9.59 Å². The fraction of sp³-hybridized carbons (Fsp3) is 0.292. The Hall–Kier alpha value is -3.19. The molecule has 1 aliphatic heterocycles. The quantitative estimate of drug-likeness (QED) is 0.505. The third kappa shape index (κ3) is 5.11. The Kier molecular flexibility index (Phi) is 7.41. The predicted octanol–water partition coefficient (Wildman–Crippen LogP) is 3.96. The van der Waals surface area contributed by atoms with Crippen molar-refractivity contribution < 1.29 is 14.3 Å². The molecule has 0 radical (unpaired) electrons. The Labute approximate surface area is 188 Å². The lowest BCUT2D eigenvalue weighted by atomic mass is 9.93. The number of amides is 1. The van der Waals surface area contributed by atoms with Gasteiger partial charge in [-0.15, -0.1) is 0 Å². The number of esters is 1. The minimum atomic E-state index is -0.410. The number of hydrogen-bond donors (Lipinski definition) is 2. The molecule has 0 saturated heterocycles. The zero-order valence-corrected chi connectivity index (χ0v) is 18.8. The van der Waals surface area contributed by atoms with Crippen LogP contribution in [-0.4, -0.2) is 35.5 Å². The molecule has 1 unspecified atom stereocenters. The van der Waals surface area contributed by atoms with Crippen LogP contribution >= 0.6 is 12.2 Å². The highest BCUT2D eigenvalue weighted by molar-refractivity contribution is 7.80. The molecule has 0 aromatic heterocycles. The van der Waals surface area contributed by atoms with Gasteiger partial charge in [-0.3, -0.25) is 4.79 Å². The highest BCUT2D eigenvalue weighted by Crippen LogP contribution is 2.33. The number of anilines is 1. The van der Waals surface area contributed by atoms with Crippen molar-refractivity contribution in [1.29, 1.82) is 0 Å². The van der Waals surface area contributed by atoms with E-state index in [0.29, 0.717) is 35.8 Å². The van der Waals surface area contributed by atoms with Gasteiger partial charge >= 0.3 is 5.97 Å². The van der Waals surface area contributed by atoms with E-state index in [2.05, 4.69) is 10.6 Å². The van der Waals surface area contributed by atoms with Crippen LogP contribution in [0.3, 0.4) is 0 Å². The number of rotatable bonds is 7. The Bertz CT molecular complexity index is 987. The lowest BCUT2D eigenvalue weighted by molar-refractivity contribution is -0.136. The summed E-state index contributed by atoms with van der Waals surface area (Å²) in [7, 11) is 1.38. The molecular formula is C24H27N3O3S. The van der Waals surface area contributed by atoms with Crippen LogP contribution in [0.5, 0.6) is 0 Å². The van der Waals surface area contributed by atoms with Crippen LogP contribution in [0.4, 0.5) is 5.69 Å². The second-order valence-corrected chi connectivity index (χ2v) is 7.55. The molecule has 2 N–H and O–H groups in total. The number of carbonyl (C=O) groups excluding carboxylic acids is 2. The van der Waals surface area contributed by atoms with Gasteiger partial charge in [0.2, 0.25) is 5.91 Å². The second kappa shape index (κ2) is 10.2. The summed E-state index contributed by atoms with van der Waals surface area (Å²) in [5, 5.41) is 6.76. The molecule has 31 heavy (non-hydrogen) atoms. The fourth-order valence-corrected chi connectivity index (χ4v) is 4.12. The minimum Gasteiger partial charge on any atom is -0.466 e.